The van der Waals surface area contributed by atoms with Crippen LogP contribution in [0.5, 0.6) is 0 Å². The number of anilines is 2. The minimum atomic E-state index is -0.532. The van der Waals surface area contributed by atoms with E-state index in [-0.39, 0.29) is 59.6 Å². The van der Waals surface area contributed by atoms with Gasteiger partial charge in [0, 0.05) is 49.9 Å². The third-order valence-corrected chi connectivity index (χ3v) is 11.3. The Bertz CT molecular complexity index is 2130. The van der Waals surface area contributed by atoms with E-state index < -0.39 is 17.2 Å². The molecule has 0 aromatic heterocycles. The number of Topliss-reactive ketones (excluding diaryl/α,β-unsaturated/α-hetero) is 2. The third kappa shape index (κ3) is 16.1. The van der Waals surface area contributed by atoms with Crippen molar-refractivity contribution in [3.05, 3.63) is 131 Å². The van der Waals surface area contributed by atoms with Crippen molar-refractivity contribution in [3.8, 4) is 0 Å². The summed E-state index contributed by atoms with van der Waals surface area (Å²) < 4.78 is 33.9. The lowest BCUT2D eigenvalue weighted by molar-refractivity contribution is -0.117. The molecule has 6 rings (SSSR count). The second kappa shape index (κ2) is 24.2. The molecule has 0 spiro atoms. The predicted molar refractivity (Wildman–Crippen MR) is 243 cm³/mol. The topological polar surface area (TPSA) is 134 Å². The number of likely N-dealkylation sites (tertiary alicyclic amines) is 1. The van der Waals surface area contributed by atoms with Crippen LogP contribution in [0.25, 0.3) is 0 Å². The van der Waals surface area contributed by atoms with Gasteiger partial charge in [0.15, 0.2) is 11.6 Å². The molecular weight excluding hydrogens is 803 g/mol. The zero-order chi connectivity index (χ0) is 45.2. The van der Waals surface area contributed by atoms with Gasteiger partial charge < -0.3 is 25.6 Å². The molecule has 3 amide bonds. The monoisotopic (exact) mass is 864 g/mol. The summed E-state index contributed by atoms with van der Waals surface area (Å²) in [4.78, 5) is 62.8. The standard InChI is InChI=1S/C28H35FN2O4.C23H27FN2O2/c1-28(2,3)35-27(34)31-17-15-20(16-18-31)22-13-14-23(29)24(19-22)30-26(33)12-8-7-11-25(32)21-9-5-4-6-10-21;24-20-11-10-19(17-12-14-25-15-13-17)16-21(20)26-23(28)9-5-4-8-22(27)18-6-2-1-3-7-18/h4-6,9-10,13-14,19-20H,7-8,11-12,15-18H2,1-3H3,(H,30,33);1-3,6-7,10-11,16-17,25H,4-5,8-9,12-15H2,(H,26,28). The Morgan fingerprint density at radius 3 is 1.44 bits per heavy atom. The minimum absolute atomic E-state index is 0.0578. The summed E-state index contributed by atoms with van der Waals surface area (Å²) in [6.07, 6.45) is 6.89. The van der Waals surface area contributed by atoms with Gasteiger partial charge in [0.2, 0.25) is 11.8 Å². The molecule has 2 saturated heterocycles. The number of rotatable bonds is 16. The highest BCUT2D eigenvalue weighted by molar-refractivity contribution is 5.96. The van der Waals surface area contributed by atoms with Crippen LogP contribution in [0.2, 0.25) is 0 Å². The molecule has 0 unspecified atom stereocenters. The number of ketones is 2. The fourth-order valence-corrected chi connectivity index (χ4v) is 7.77. The number of hydrogen-bond acceptors (Lipinski definition) is 7. The average Bonchev–Trinajstić information content (AvgIpc) is 3.28. The van der Waals surface area contributed by atoms with Crippen LogP contribution in [0.4, 0.5) is 25.0 Å². The van der Waals surface area contributed by atoms with E-state index in [0.29, 0.717) is 68.7 Å². The molecule has 63 heavy (non-hydrogen) atoms. The molecule has 2 fully saturated rings. The van der Waals surface area contributed by atoms with E-state index in [9.17, 15) is 32.8 Å². The lowest BCUT2D eigenvalue weighted by atomic mass is 9.89. The van der Waals surface area contributed by atoms with Crippen LogP contribution in [0, 0.1) is 11.6 Å². The molecule has 4 aromatic rings. The summed E-state index contributed by atoms with van der Waals surface area (Å²) in [5, 5.41) is 8.70. The quantitative estimate of drug-likeness (QED) is 0.0754. The molecule has 0 radical (unpaired) electrons. The first-order chi connectivity index (χ1) is 30.3. The van der Waals surface area contributed by atoms with Gasteiger partial charge in [0.05, 0.1) is 11.4 Å². The Balaban J connectivity index is 0.000000243. The lowest BCUT2D eigenvalue weighted by Crippen LogP contribution is -2.41. The summed E-state index contributed by atoms with van der Waals surface area (Å²) in [7, 11) is 0. The molecule has 2 aliphatic rings. The van der Waals surface area contributed by atoms with Crippen molar-refractivity contribution in [3.63, 3.8) is 0 Å². The number of ether oxygens (including phenoxy) is 1. The van der Waals surface area contributed by atoms with Crippen molar-refractivity contribution in [1.29, 1.82) is 0 Å². The van der Waals surface area contributed by atoms with Crippen molar-refractivity contribution in [2.24, 2.45) is 0 Å². The van der Waals surface area contributed by atoms with E-state index in [1.807, 2.05) is 63.2 Å². The molecule has 0 atom stereocenters. The number of nitrogens with one attached hydrogen (secondary N) is 3. The van der Waals surface area contributed by atoms with Gasteiger partial charge in [0.1, 0.15) is 17.2 Å². The molecule has 10 nitrogen and oxygen atoms in total. The molecule has 2 aliphatic heterocycles. The first-order valence-corrected chi connectivity index (χ1v) is 22.3. The number of nitrogens with zero attached hydrogens (tertiary/aromatic N) is 1. The molecule has 4 aromatic carbocycles. The Labute approximate surface area is 370 Å². The summed E-state index contributed by atoms with van der Waals surface area (Å²) in [5.74, 6) is -0.654. The van der Waals surface area contributed by atoms with Gasteiger partial charge in [-0.1, -0.05) is 72.8 Å². The van der Waals surface area contributed by atoms with Gasteiger partial charge in [-0.3, -0.25) is 19.2 Å². The van der Waals surface area contributed by atoms with Gasteiger partial charge in [-0.2, -0.15) is 0 Å². The van der Waals surface area contributed by atoms with E-state index >= 15 is 0 Å². The number of piperidine rings is 2. The predicted octanol–water partition coefficient (Wildman–Crippen LogP) is 11.0. The molecule has 0 saturated carbocycles. The van der Waals surface area contributed by atoms with Crippen LogP contribution in [-0.4, -0.2) is 66.2 Å². The van der Waals surface area contributed by atoms with Crippen LogP contribution in [0.1, 0.15) is 141 Å². The number of halogens is 2. The lowest BCUT2D eigenvalue weighted by Gasteiger charge is -2.33. The minimum Gasteiger partial charge on any atom is -0.444 e. The summed E-state index contributed by atoms with van der Waals surface area (Å²) >= 11 is 0. The van der Waals surface area contributed by atoms with Crippen LogP contribution in [-0.2, 0) is 14.3 Å². The maximum absolute atomic E-state index is 14.4. The second-order valence-electron chi connectivity index (χ2n) is 17.3. The van der Waals surface area contributed by atoms with Gasteiger partial charge in [-0.25, -0.2) is 13.6 Å². The molecular formula is C51H62F2N4O6. The molecule has 336 valence electrons. The fraction of sp³-hybridized carbons (Fsp3) is 0.431. The fourth-order valence-electron chi connectivity index (χ4n) is 7.77. The van der Waals surface area contributed by atoms with E-state index in [2.05, 4.69) is 16.0 Å². The van der Waals surface area contributed by atoms with Crippen molar-refractivity contribution in [2.75, 3.05) is 36.8 Å². The normalized spacial score (nSPS) is 14.5. The SMILES string of the molecule is CC(C)(C)OC(=O)N1CCC(c2ccc(F)c(NC(=O)CCCCC(=O)c3ccccc3)c2)CC1.O=C(CCCCC(=O)c1ccccc1)Nc1cc(C2CCNCC2)ccc1F. The van der Waals surface area contributed by atoms with E-state index in [1.165, 1.54) is 12.1 Å². The largest absolute Gasteiger partial charge is 0.444 e. The zero-order valence-corrected chi connectivity index (χ0v) is 36.9. The molecule has 12 heteroatoms. The molecule has 0 aliphatic carbocycles. The highest BCUT2D eigenvalue weighted by atomic mass is 19.1. The van der Waals surface area contributed by atoms with E-state index in [1.54, 1.807) is 47.4 Å². The van der Waals surface area contributed by atoms with Crippen LogP contribution in [0.3, 0.4) is 0 Å². The summed E-state index contributed by atoms with van der Waals surface area (Å²) in [6, 6.07) is 28.1. The van der Waals surface area contributed by atoms with E-state index in [0.717, 1.165) is 49.9 Å². The average molecular weight is 865 g/mol. The third-order valence-electron chi connectivity index (χ3n) is 11.3. The van der Waals surface area contributed by atoms with Gasteiger partial charge in [0.25, 0.3) is 0 Å². The van der Waals surface area contributed by atoms with Crippen molar-refractivity contribution in [2.45, 2.75) is 115 Å². The number of amides is 3. The maximum atomic E-state index is 14.4. The van der Waals surface area contributed by atoms with Crippen molar-refractivity contribution >= 4 is 40.8 Å². The number of carbonyl (C=O) groups is 5. The highest BCUT2D eigenvalue weighted by Gasteiger charge is 2.28. The highest BCUT2D eigenvalue weighted by Crippen LogP contribution is 2.32. The summed E-state index contributed by atoms with van der Waals surface area (Å²) in [6.45, 7) is 8.60. The number of benzene rings is 4. The Morgan fingerprint density at radius 1 is 0.603 bits per heavy atom. The maximum Gasteiger partial charge on any atom is 0.410 e. The first kappa shape index (κ1) is 48.3. The Hall–Kier alpha value is -5.75. The van der Waals surface area contributed by atoms with Gasteiger partial charge in [-0.15, -0.1) is 0 Å². The zero-order valence-electron chi connectivity index (χ0n) is 36.9. The Morgan fingerprint density at radius 2 is 1.02 bits per heavy atom. The van der Waals surface area contributed by atoms with Crippen molar-refractivity contribution < 1.29 is 37.5 Å². The number of hydrogen-bond donors (Lipinski definition) is 3. The van der Waals surface area contributed by atoms with Crippen LogP contribution in [0.15, 0.2) is 97.1 Å². The second-order valence-corrected chi connectivity index (χ2v) is 17.3. The summed E-state index contributed by atoms with van der Waals surface area (Å²) in [5.41, 5.74) is 3.28. The number of carbonyl (C=O) groups excluding carboxylic acids is 5. The number of unbranched alkanes of at least 4 members (excludes halogenated alkanes) is 2. The Kier molecular flexibility index (Phi) is 18.5. The smallest absolute Gasteiger partial charge is 0.410 e. The van der Waals surface area contributed by atoms with Crippen LogP contribution < -0.4 is 16.0 Å². The molecule has 2 heterocycles. The molecule has 0 bridgehead atoms. The van der Waals surface area contributed by atoms with Gasteiger partial charge in [-0.05, 0) is 132 Å². The van der Waals surface area contributed by atoms with Gasteiger partial charge >= 0.3 is 6.09 Å². The first-order valence-electron chi connectivity index (χ1n) is 22.3. The van der Waals surface area contributed by atoms with Crippen molar-refractivity contribution in [1.82, 2.24) is 10.2 Å². The van der Waals surface area contributed by atoms with Crippen LogP contribution >= 0.6 is 0 Å². The van der Waals surface area contributed by atoms with E-state index in [4.69, 9.17) is 4.74 Å². The molecule has 3 N–H and O–H groups in total.